The standard InChI is InChI=1S/C19H21N5O/c1-14-11-16-5-4-15(12-18(16)21-14)17-3-2-8-23(13-17)19(25)6-9-24-10-7-20-22-24/h3-5,7,10-12,21H,2,6,8-9,13H2,1H3. The highest BCUT2D eigenvalue weighted by molar-refractivity contribution is 5.86. The Morgan fingerprint density at radius 1 is 1.32 bits per heavy atom. The lowest BCUT2D eigenvalue weighted by Gasteiger charge is -2.28. The largest absolute Gasteiger partial charge is 0.359 e. The molecule has 1 aliphatic rings. The molecule has 0 radical (unpaired) electrons. The Morgan fingerprint density at radius 2 is 2.24 bits per heavy atom. The molecule has 0 unspecified atom stereocenters. The van der Waals surface area contributed by atoms with Gasteiger partial charge in [-0.05, 0) is 42.0 Å². The molecule has 3 aromatic rings. The maximum atomic E-state index is 12.5. The van der Waals surface area contributed by atoms with E-state index in [-0.39, 0.29) is 5.91 Å². The highest BCUT2D eigenvalue weighted by atomic mass is 16.2. The predicted molar refractivity (Wildman–Crippen MR) is 96.8 cm³/mol. The number of nitrogens with one attached hydrogen (secondary N) is 1. The summed E-state index contributed by atoms with van der Waals surface area (Å²) >= 11 is 0. The molecule has 0 fully saturated rings. The van der Waals surface area contributed by atoms with Crippen molar-refractivity contribution in [3.8, 4) is 0 Å². The molecule has 0 saturated carbocycles. The Balaban J connectivity index is 1.45. The summed E-state index contributed by atoms with van der Waals surface area (Å²) in [7, 11) is 0. The summed E-state index contributed by atoms with van der Waals surface area (Å²) in [5.41, 5.74) is 4.71. The number of aryl methyl sites for hydroxylation is 2. The second-order valence-corrected chi connectivity index (χ2v) is 6.50. The summed E-state index contributed by atoms with van der Waals surface area (Å²) < 4.78 is 1.69. The molecule has 0 aliphatic carbocycles. The summed E-state index contributed by atoms with van der Waals surface area (Å²) in [5.74, 6) is 0.165. The molecule has 2 aromatic heterocycles. The van der Waals surface area contributed by atoms with Crippen LogP contribution in [0, 0.1) is 6.92 Å². The number of benzene rings is 1. The van der Waals surface area contributed by atoms with Crippen LogP contribution in [-0.2, 0) is 11.3 Å². The molecule has 0 saturated heterocycles. The van der Waals surface area contributed by atoms with Gasteiger partial charge in [-0.2, -0.15) is 0 Å². The maximum Gasteiger partial charge on any atom is 0.224 e. The molecule has 25 heavy (non-hydrogen) atoms. The molecule has 1 N–H and O–H groups in total. The van der Waals surface area contributed by atoms with Crippen molar-refractivity contribution in [3.05, 3.63) is 54.0 Å². The fraction of sp³-hybridized carbons (Fsp3) is 0.316. The van der Waals surface area contributed by atoms with Crippen LogP contribution in [0.25, 0.3) is 16.5 Å². The fourth-order valence-electron chi connectivity index (χ4n) is 3.36. The summed E-state index contributed by atoms with van der Waals surface area (Å²) in [6, 6.07) is 8.61. The zero-order chi connectivity index (χ0) is 17.2. The number of amides is 1. The zero-order valence-corrected chi connectivity index (χ0v) is 14.3. The van der Waals surface area contributed by atoms with Crippen molar-refractivity contribution in [2.24, 2.45) is 0 Å². The maximum absolute atomic E-state index is 12.5. The molecule has 4 rings (SSSR count). The monoisotopic (exact) mass is 335 g/mol. The van der Waals surface area contributed by atoms with Gasteiger partial charge in [0.05, 0.1) is 12.7 Å². The van der Waals surface area contributed by atoms with Gasteiger partial charge in [-0.25, -0.2) is 0 Å². The Labute approximate surface area is 146 Å². The Hall–Kier alpha value is -2.89. The van der Waals surface area contributed by atoms with Gasteiger partial charge in [-0.3, -0.25) is 9.48 Å². The first kappa shape index (κ1) is 15.6. The van der Waals surface area contributed by atoms with E-state index in [1.807, 2.05) is 4.90 Å². The number of aromatic amines is 1. The molecular weight excluding hydrogens is 314 g/mol. The molecule has 128 valence electrons. The smallest absolute Gasteiger partial charge is 0.224 e. The first-order valence-corrected chi connectivity index (χ1v) is 8.60. The van der Waals surface area contributed by atoms with Crippen molar-refractivity contribution >= 4 is 22.4 Å². The van der Waals surface area contributed by atoms with Crippen LogP contribution < -0.4 is 0 Å². The number of H-pyrrole nitrogens is 1. The third kappa shape index (κ3) is 3.33. The van der Waals surface area contributed by atoms with Crippen LogP contribution in [-0.4, -0.2) is 43.9 Å². The van der Waals surface area contributed by atoms with E-state index in [9.17, 15) is 4.79 Å². The van der Waals surface area contributed by atoms with Gasteiger partial charge in [0.1, 0.15) is 0 Å². The zero-order valence-electron chi connectivity index (χ0n) is 14.3. The van der Waals surface area contributed by atoms with E-state index in [2.05, 4.69) is 52.6 Å². The van der Waals surface area contributed by atoms with Gasteiger partial charge >= 0.3 is 0 Å². The van der Waals surface area contributed by atoms with E-state index in [4.69, 9.17) is 0 Å². The van der Waals surface area contributed by atoms with E-state index in [0.29, 0.717) is 19.5 Å². The number of hydrogen-bond acceptors (Lipinski definition) is 3. The van der Waals surface area contributed by atoms with Gasteiger partial charge in [0, 0.05) is 36.9 Å². The number of aromatic nitrogens is 4. The third-order valence-electron chi connectivity index (χ3n) is 4.66. The van der Waals surface area contributed by atoms with E-state index in [1.165, 1.54) is 16.5 Å². The lowest BCUT2D eigenvalue weighted by atomic mass is 10.00. The van der Waals surface area contributed by atoms with Crippen molar-refractivity contribution in [3.63, 3.8) is 0 Å². The predicted octanol–water partition coefficient (Wildman–Crippen LogP) is 2.77. The summed E-state index contributed by atoms with van der Waals surface area (Å²) in [5, 5.41) is 8.90. The highest BCUT2D eigenvalue weighted by Crippen LogP contribution is 2.25. The second kappa shape index (κ2) is 6.55. The lowest BCUT2D eigenvalue weighted by molar-refractivity contribution is -0.131. The SMILES string of the molecule is Cc1cc2ccc(C3=CCCN(C(=O)CCn4ccnn4)C3)cc2[nH]1. The number of carbonyl (C=O) groups excluding carboxylic acids is 1. The van der Waals surface area contributed by atoms with Gasteiger partial charge in [0.25, 0.3) is 0 Å². The minimum Gasteiger partial charge on any atom is -0.359 e. The molecule has 6 heteroatoms. The first-order chi connectivity index (χ1) is 12.2. The van der Waals surface area contributed by atoms with E-state index in [1.54, 1.807) is 17.1 Å². The second-order valence-electron chi connectivity index (χ2n) is 6.50. The third-order valence-corrected chi connectivity index (χ3v) is 4.66. The molecule has 0 atom stereocenters. The average Bonchev–Trinajstić information content (AvgIpc) is 3.27. The number of rotatable bonds is 4. The van der Waals surface area contributed by atoms with E-state index in [0.717, 1.165) is 24.2 Å². The van der Waals surface area contributed by atoms with Gasteiger partial charge in [-0.15, -0.1) is 5.10 Å². The number of hydrogen-bond donors (Lipinski definition) is 1. The lowest BCUT2D eigenvalue weighted by Crippen LogP contribution is -2.35. The number of nitrogens with zero attached hydrogens (tertiary/aromatic N) is 4. The van der Waals surface area contributed by atoms with Crippen LogP contribution in [0.15, 0.2) is 42.7 Å². The Bertz CT molecular complexity index is 923. The van der Waals surface area contributed by atoms with Crippen LogP contribution in [0.1, 0.15) is 24.1 Å². The van der Waals surface area contributed by atoms with Gasteiger partial charge in [0.15, 0.2) is 0 Å². The van der Waals surface area contributed by atoms with E-state index < -0.39 is 0 Å². The van der Waals surface area contributed by atoms with Gasteiger partial charge in [-0.1, -0.05) is 23.4 Å². The number of fused-ring (bicyclic) bond motifs is 1. The Morgan fingerprint density at radius 3 is 3.08 bits per heavy atom. The molecule has 6 nitrogen and oxygen atoms in total. The molecule has 0 spiro atoms. The minimum absolute atomic E-state index is 0.165. The molecule has 0 bridgehead atoms. The summed E-state index contributed by atoms with van der Waals surface area (Å²) in [6.07, 6.45) is 7.00. The molecular formula is C19H21N5O. The molecule has 1 aromatic carbocycles. The first-order valence-electron chi connectivity index (χ1n) is 8.60. The minimum atomic E-state index is 0.165. The van der Waals surface area contributed by atoms with Crippen molar-refractivity contribution < 1.29 is 4.79 Å². The van der Waals surface area contributed by atoms with E-state index >= 15 is 0 Å². The Kier molecular flexibility index (Phi) is 4.09. The number of carbonyl (C=O) groups is 1. The van der Waals surface area contributed by atoms with Crippen LogP contribution in [0.4, 0.5) is 0 Å². The average molecular weight is 335 g/mol. The summed E-state index contributed by atoms with van der Waals surface area (Å²) in [4.78, 5) is 17.8. The van der Waals surface area contributed by atoms with Crippen LogP contribution in [0.3, 0.4) is 0 Å². The van der Waals surface area contributed by atoms with Crippen molar-refractivity contribution in [1.82, 2.24) is 24.9 Å². The van der Waals surface area contributed by atoms with Gasteiger partial charge < -0.3 is 9.88 Å². The summed E-state index contributed by atoms with van der Waals surface area (Å²) in [6.45, 7) is 4.09. The normalized spacial score (nSPS) is 14.8. The van der Waals surface area contributed by atoms with Crippen molar-refractivity contribution in [1.29, 1.82) is 0 Å². The molecule has 1 aliphatic heterocycles. The van der Waals surface area contributed by atoms with Crippen molar-refractivity contribution in [2.45, 2.75) is 26.3 Å². The van der Waals surface area contributed by atoms with Crippen LogP contribution in [0.5, 0.6) is 0 Å². The quantitative estimate of drug-likeness (QED) is 0.797. The molecule has 3 heterocycles. The highest BCUT2D eigenvalue weighted by Gasteiger charge is 2.19. The molecule has 1 amide bonds. The van der Waals surface area contributed by atoms with Crippen LogP contribution >= 0.6 is 0 Å². The fourth-order valence-corrected chi connectivity index (χ4v) is 3.36. The topological polar surface area (TPSA) is 66.8 Å². The van der Waals surface area contributed by atoms with Gasteiger partial charge in [0.2, 0.25) is 5.91 Å². The van der Waals surface area contributed by atoms with Crippen LogP contribution in [0.2, 0.25) is 0 Å². The van der Waals surface area contributed by atoms with Crippen molar-refractivity contribution in [2.75, 3.05) is 13.1 Å².